The Labute approximate surface area is 73.4 Å². The summed E-state index contributed by atoms with van der Waals surface area (Å²) in [6.45, 7) is 1.78. The lowest BCUT2D eigenvalue weighted by molar-refractivity contribution is 0.199. The van der Waals surface area contributed by atoms with Crippen molar-refractivity contribution < 1.29 is 5.11 Å². The number of aliphatic hydroxyl groups excluding tert-OH is 1. The Hall–Kier alpha value is -1.02. The Kier molecular flexibility index (Phi) is 2.71. The van der Waals surface area contributed by atoms with E-state index >= 15 is 0 Å². The molecule has 0 aliphatic carbocycles. The van der Waals surface area contributed by atoms with Crippen LogP contribution < -0.4 is 4.90 Å². The molecule has 0 heterocycles. The van der Waals surface area contributed by atoms with Crippen molar-refractivity contribution in [1.82, 2.24) is 0 Å². The van der Waals surface area contributed by atoms with E-state index in [0.29, 0.717) is 0 Å². The van der Waals surface area contributed by atoms with Crippen molar-refractivity contribution in [1.29, 1.82) is 0 Å². The maximum absolute atomic E-state index is 9.43. The van der Waals surface area contributed by atoms with Gasteiger partial charge in [0.15, 0.2) is 0 Å². The van der Waals surface area contributed by atoms with Gasteiger partial charge < -0.3 is 10.0 Å². The topological polar surface area (TPSA) is 23.5 Å². The van der Waals surface area contributed by atoms with Crippen LogP contribution >= 0.6 is 0 Å². The van der Waals surface area contributed by atoms with Crippen LogP contribution in [-0.2, 0) is 0 Å². The fourth-order valence-electron chi connectivity index (χ4n) is 1.25. The predicted molar refractivity (Wildman–Crippen MR) is 51.4 cm³/mol. The van der Waals surface area contributed by atoms with E-state index in [0.717, 1.165) is 11.3 Å². The van der Waals surface area contributed by atoms with Crippen molar-refractivity contribution in [2.24, 2.45) is 0 Å². The SMILES string of the molecule is CC(O)c1ccccc1N(C)C. The van der Waals surface area contributed by atoms with Gasteiger partial charge in [-0.05, 0) is 13.0 Å². The average Bonchev–Trinajstić information content (AvgIpc) is 2.04. The maximum atomic E-state index is 9.43. The smallest absolute Gasteiger partial charge is 0.0781 e. The molecule has 1 rings (SSSR count). The fourth-order valence-corrected chi connectivity index (χ4v) is 1.25. The van der Waals surface area contributed by atoms with Crippen molar-refractivity contribution in [2.75, 3.05) is 19.0 Å². The summed E-state index contributed by atoms with van der Waals surface area (Å²) in [5.41, 5.74) is 2.05. The van der Waals surface area contributed by atoms with E-state index in [1.165, 1.54) is 0 Å². The fraction of sp³-hybridized carbons (Fsp3) is 0.400. The summed E-state index contributed by atoms with van der Waals surface area (Å²) < 4.78 is 0. The van der Waals surface area contributed by atoms with Gasteiger partial charge in [-0.1, -0.05) is 18.2 Å². The summed E-state index contributed by atoms with van der Waals surface area (Å²) in [4.78, 5) is 2.00. The van der Waals surface area contributed by atoms with Crippen LogP contribution in [0.2, 0.25) is 0 Å². The van der Waals surface area contributed by atoms with Gasteiger partial charge in [0, 0.05) is 25.3 Å². The van der Waals surface area contributed by atoms with Crippen molar-refractivity contribution in [3.8, 4) is 0 Å². The lowest BCUT2D eigenvalue weighted by Crippen LogP contribution is -2.12. The number of aliphatic hydroxyl groups is 1. The second-order valence-electron chi connectivity index (χ2n) is 3.13. The molecule has 0 spiro atoms. The molecule has 0 saturated carbocycles. The molecule has 0 aliphatic rings. The normalized spacial score (nSPS) is 12.7. The quantitative estimate of drug-likeness (QED) is 0.722. The van der Waals surface area contributed by atoms with Crippen LogP contribution in [-0.4, -0.2) is 19.2 Å². The van der Waals surface area contributed by atoms with E-state index in [-0.39, 0.29) is 0 Å². The Morgan fingerprint density at radius 2 is 1.83 bits per heavy atom. The molecule has 12 heavy (non-hydrogen) atoms. The lowest BCUT2D eigenvalue weighted by atomic mass is 10.1. The molecule has 0 bridgehead atoms. The number of hydrogen-bond donors (Lipinski definition) is 1. The van der Waals surface area contributed by atoms with Crippen molar-refractivity contribution >= 4 is 5.69 Å². The molecule has 0 saturated heterocycles. The largest absolute Gasteiger partial charge is 0.389 e. The first-order valence-electron chi connectivity index (χ1n) is 4.07. The van der Waals surface area contributed by atoms with Crippen molar-refractivity contribution in [3.63, 3.8) is 0 Å². The van der Waals surface area contributed by atoms with Crippen LogP contribution in [0.5, 0.6) is 0 Å². The van der Waals surface area contributed by atoms with Gasteiger partial charge in [-0.25, -0.2) is 0 Å². The lowest BCUT2D eigenvalue weighted by Gasteiger charge is -2.18. The summed E-state index contributed by atoms with van der Waals surface area (Å²) in [7, 11) is 3.95. The van der Waals surface area contributed by atoms with Gasteiger partial charge in [0.05, 0.1) is 6.10 Å². The Bertz CT molecular complexity index is 229. The number of para-hydroxylation sites is 1. The molecule has 1 atom stereocenters. The van der Waals surface area contributed by atoms with E-state index in [2.05, 4.69) is 0 Å². The second-order valence-corrected chi connectivity index (χ2v) is 3.13. The highest BCUT2D eigenvalue weighted by molar-refractivity contribution is 5.53. The van der Waals surface area contributed by atoms with E-state index < -0.39 is 6.10 Å². The van der Waals surface area contributed by atoms with Crippen molar-refractivity contribution in [2.45, 2.75) is 13.0 Å². The van der Waals surface area contributed by atoms with Gasteiger partial charge in [-0.3, -0.25) is 0 Å². The van der Waals surface area contributed by atoms with Gasteiger partial charge in [-0.15, -0.1) is 0 Å². The van der Waals surface area contributed by atoms with E-state index in [1.54, 1.807) is 6.92 Å². The molecule has 0 aliphatic heterocycles. The van der Waals surface area contributed by atoms with Crippen LogP contribution in [0.15, 0.2) is 24.3 Å². The summed E-state index contributed by atoms with van der Waals surface area (Å²) >= 11 is 0. The van der Waals surface area contributed by atoms with Gasteiger partial charge in [0.25, 0.3) is 0 Å². The number of benzene rings is 1. The molecule has 66 valence electrons. The summed E-state index contributed by atoms with van der Waals surface area (Å²) in [6.07, 6.45) is -0.399. The molecule has 1 N–H and O–H groups in total. The van der Waals surface area contributed by atoms with Crippen LogP contribution in [0.3, 0.4) is 0 Å². The third-order valence-electron chi connectivity index (χ3n) is 1.87. The Morgan fingerprint density at radius 3 is 2.25 bits per heavy atom. The number of nitrogens with zero attached hydrogens (tertiary/aromatic N) is 1. The summed E-state index contributed by atoms with van der Waals surface area (Å²) in [5, 5.41) is 9.43. The molecular formula is C10H15NO. The molecule has 0 aromatic heterocycles. The first-order chi connectivity index (χ1) is 5.63. The maximum Gasteiger partial charge on any atom is 0.0781 e. The van der Waals surface area contributed by atoms with Crippen LogP contribution in [0.1, 0.15) is 18.6 Å². The van der Waals surface area contributed by atoms with E-state index in [9.17, 15) is 5.11 Å². The highest BCUT2D eigenvalue weighted by atomic mass is 16.3. The van der Waals surface area contributed by atoms with Crippen LogP contribution in [0.25, 0.3) is 0 Å². The van der Waals surface area contributed by atoms with Gasteiger partial charge in [-0.2, -0.15) is 0 Å². The highest BCUT2D eigenvalue weighted by Crippen LogP contribution is 2.23. The van der Waals surface area contributed by atoms with Gasteiger partial charge in [0.2, 0.25) is 0 Å². The molecule has 1 unspecified atom stereocenters. The monoisotopic (exact) mass is 165 g/mol. The van der Waals surface area contributed by atoms with Crippen molar-refractivity contribution in [3.05, 3.63) is 29.8 Å². The van der Waals surface area contributed by atoms with Crippen LogP contribution in [0.4, 0.5) is 5.69 Å². The van der Waals surface area contributed by atoms with E-state index in [4.69, 9.17) is 0 Å². The molecule has 0 radical (unpaired) electrons. The minimum absolute atomic E-state index is 0.399. The molecule has 2 nitrogen and oxygen atoms in total. The standard InChI is InChI=1S/C10H15NO/c1-8(12)9-6-4-5-7-10(9)11(2)3/h4-8,12H,1-3H3. The number of anilines is 1. The minimum atomic E-state index is -0.399. The predicted octanol–water partition coefficient (Wildman–Crippen LogP) is 1.81. The molecule has 0 fully saturated rings. The summed E-state index contributed by atoms with van der Waals surface area (Å²) in [5.74, 6) is 0. The molecule has 1 aromatic rings. The Balaban J connectivity index is 3.09. The van der Waals surface area contributed by atoms with Crippen LogP contribution in [0, 0.1) is 0 Å². The Morgan fingerprint density at radius 1 is 1.25 bits per heavy atom. The zero-order valence-corrected chi connectivity index (χ0v) is 7.78. The average molecular weight is 165 g/mol. The molecule has 1 aromatic carbocycles. The zero-order chi connectivity index (χ0) is 9.14. The molecule has 2 heteroatoms. The molecule has 0 amide bonds. The zero-order valence-electron chi connectivity index (χ0n) is 7.78. The number of hydrogen-bond acceptors (Lipinski definition) is 2. The van der Waals surface area contributed by atoms with E-state index in [1.807, 2.05) is 43.3 Å². The number of rotatable bonds is 2. The molecular weight excluding hydrogens is 150 g/mol. The summed E-state index contributed by atoms with van der Waals surface area (Å²) in [6, 6.07) is 7.86. The van der Waals surface area contributed by atoms with Gasteiger partial charge >= 0.3 is 0 Å². The minimum Gasteiger partial charge on any atom is -0.389 e. The first kappa shape index (κ1) is 9.07. The highest BCUT2D eigenvalue weighted by Gasteiger charge is 2.07. The second kappa shape index (κ2) is 3.59. The first-order valence-corrected chi connectivity index (χ1v) is 4.07. The van der Waals surface area contributed by atoms with Gasteiger partial charge in [0.1, 0.15) is 0 Å². The third kappa shape index (κ3) is 1.77. The third-order valence-corrected chi connectivity index (χ3v) is 1.87.